The first-order valence-corrected chi connectivity index (χ1v) is 14.2. The summed E-state index contributed by atoms with van der Waals surface area (Å²) in [6, 6.07) is 15.3. The molecule has 0 saturated carbocycles. The molecule has 37 heavy (non-hydrogen) atoms. The van der Waals surface area contributed by atoms with Crippen molar-refractivity contribution >= 4 is 45.4 Å². The lowest BCUT2D eigenvalue weighted by atomic mass is 9.97. The van der Waals surface area contributed by atoms with Gasteiger partial charge in [-0.15, -0.1) is 11.3 Å². The Morgan fingerprint density at radius 2 is 1.92 bits per heavy atom. The smallest absolute Gasteiger partial charge is 0.267 e. The van der Waals surface area contributed by atoms with Crippen LogP contribution in [-0.2, 0) is 17.6 Å². The van der Waals surface area contributed by atoms with Gasteiger partial charge in [-0.05, 0) is 74.9 Å². The van der Waals surface area contributed by atoms with Crippen LogP contribution < -0.4 is 15.7 Å². The summed E-state index contributed by atoms with van der Waals surface area (Å²) in [5, 5.41) is 5.26. The van der Waals surface area contributed by atoms with Crippen LogP contribution in [0, 0.1) is 6.92 Å². The van der Waals surface area contributed by atoms with Gasteiger partial charge < -0.3 is 4.74 Å². The Kier molecular flexibility index (Phi) is 7.71. The molecule has 0 atom stereocenters. The maximum absolute atomic E-state index is 13.9. The first-order valence-electron chi connectivity index (χ1n) is 12.4. The summed E-state index contributed by atoms with van der Waals surface area (Å²) < 4.78 is 7.19. The molecular formula is C28H28N4O3S2. The molecule has 0 bridgehead atoms. The van der Waals surface area contributed by atoms with Crippen molar-refractivity contribution in [1.82, 2.24) is 15.0 Å². The highest BCUT2D eigenvalue weighted by Crippen LogP contribution is 2.35. The SMILES string of the molecule is CCOc1ccc(-n2c(SCC(=O)NN=Cc3ccc(C)cc3)nc3sc4c(c3c2=O)CCCC4)cc1. The standard InChI is InChI=1S/C28H28N4O3S2/c1-3-35-21-14-12-20(13-15-21)32-27(34)25-22-6-4-5-7-23(22)37-26(25)30-28(32)36-17-24(33)31-29-16-19-10-8-18(2)9-11-19/h8-16H,3-7,17H2,1-2H3,(H,31,33). The van der Waals surface area contributed by atoms with Crippen LogP contribution in [0.2, 0.25) is 0 Å². The Bertz CT molecular complexity index is 1510. The zero-order chi connectivity index (χ0) is 25.8. The maximum Gasteiger partial charge on any atom is 0.267 e. The van der Waals surface area contributed by atoms with Gasteiger partial charge in [0.1, 0.15) is 10.6 Å². The fraction of sp³-hybridized carbons (Fsp3) is 0.286. The van der Waals surface area contributed by atoms with Gasteiger partial charge in [0.25, 0.3) is 11.5 Å². The minimum atomic E-state index is -0.272. The van der Waals surface area contributed by atoms with Gasteiger partial charge in [0.15, 0.2) is 5.16 Å². The molecule has 190 valence electrons. The Hall–Kier alpha value is -3.43. The summed E-state index contributed by atoms with van der Waals surface area (Å²) in [4.78, 5) is 33.3. The quantitative estimate of drug-likeness (QED) is 0.145. The summed E-state index contributed by atoms with van der Waals surface area (Å²) >= 11 is 2.83. The molecule has 1 aliphatic rings. The van der Waals surface area contributed by atoms with Crippen LogP contribution in [0.4, 0.5) is 0 Å². The molecule has 5 rings (SSSR count). The van der Waals surface area contributed by atoms with Crippen LogP contribution in [-0.4, -0.2) is 34.0 Å². The van der Waals surface area contributed by atoms with Crippen molar-refractivity contribution < 1.29 is 9.53 Å². The number of carbonyl (C=O) groups excluding carboxylic acids is 1. The summed E-state index contributed by atoms with van der Waals surface area (Å²) in [5.74, 6) is 0.540. The van der Waals surface area contributed by atoms with Crippen molar-refractivity contribution in [2.45, 2.75) is 44.7 Å². The third-order valence-corrected chi connectivity index (χ3v) is 8.30. The monoisotopic (exact) mass is 532 g/mol. The molecule has 1 amide bonds. The number of rotatable bonds is 8. The molecule has 4 aromatic rings. The lowest BCUT2D eigenvalue weighted by Gasteiger charge is -2.14. The molecule has 0 radical (unpaired) electrons. The third-order valence-electron chi connectivity index (χ3n) is 6.18. The van der Waals surface area contributed by atoms with Crippen LogP contribution in [0.15, 0.2) is 63.6 Å². The number of nitrogens with one attached hydrogen (secondary N) is 1. The zero-order valence-electron chi connectivity index (χ0n) is 20.8. The summed E-state index contributed by atoms with van der Waals surface area (Å²) in [6.45, 7) is 4.51. The number of ether oxygens (including phenoxy) is 1. The average molecular weight is 533 g/mol. The Labute approximate surface area is 223 Å². The van der Waals surface area contributed by atoms with E-state index in [0.717, 1.165) is 53.0 Å². The van der Waals surface area contributed by atoms with Gasteiger partial charge in [0, 0.05) is 4.88 Å². The highest BCUT2D eigenvalue weighted by atomic mass is 32.2. The van der Waals surface area contributed by atoms with E-state index in [1.807, 2.05) is 62.4 Å². The molecule has 2 heterocycles. The van der Waals surface area contributed by atoms with Crippen molar-refractivity contribution in [2.24, 2.45) is 5.10 Å². The highest BCUT2D eigenvalue weighted by molar-refractivity contribution is 7.99. The topological polar surface area (TPSA) is 85.6 Å². The Balaban J connectivity index is 1.43. The molecule has 2 aromatic carbocycles. The van der Waals surface area contributed by atoms with E-state index in [-0.39, 0.29) is 17.2 Å². The fourth-order valence-corrected chi connectivity index (χ4v) is 6.47. The van der Waals surface area contributed by atoms with Gasteiger partial charge in [-0.25, -0.2) is 10.4 Å². The number of aryl methyl sites for hydroxylation is 3. The molecule has 7 nitrogen and oxygen atoms in total. The number of hydrazone groups is 1. The van der Waals surface area contributed by atoms with Crippen LogP contribution in [0.3, 0.4) is 0 Å². The number of thioether (sulfide) groups is 1. The van der Waals surface area contributed by atoms with Crippen molar-refractivity contribution in [3.05, 3.63) is 80.5 Å². The second kappa shape index (κ2) is 11.3. The number of fused-ring (bicyclic) bond motifs is 3. The minimum absolute atomic E-state index is 0.0747. The maximum atomic E-state index is 13.9. The van der Waals surface area contributed by atoms with Crippen molar-refractivity contribution in [2.75, 3.05) is 12.4 Å². The summed E-state index contributed by atoms with van der Waals surface area (Å²) in [7, 11) is 0. The van der Waals surface area contributed by atoms with E-state index >= 15 is 0 Å². The number of hydrogen-bond acceptors (Lipinski definition) is 7. The van der Waals surface area contributed by atoms with E-state index in [4.69, 9.17) is 9.72 Å². The van der Waals surface area contributed by atoms with E-state index in [0.29, 0.717) is 22.8 Å². The van der Waals surface area contributed by atoms with Gasteiger partial charge in [-0.1, -0.05) is 41.6 Å². The largest absolute Gasteiger partial charge is 0.494 e. The van der Waals surface area contributed by atoms with Crippen molar-refractivity contribution in [3.8, 4) is 11.4 Å². The molecule has 2 aromatic heterocycles. The van der Waals surface area contributed by atoms with Gasteiger partial charge in [-0.3, -0.25) is 14.2 Å². The fourth-order valence-electron chi connectivity index (χ4n) is 4.36. The second-order valence-electron chi connectivity index (χ2n) is 8.85. The molecule has 1 aliphatic carbocycles. The summed E-state index contributed by atoms with van der Waals surface area (Å²) in [6.07, 6.45) is 5.73. The van der Waals surface area contributed by atoms with Crippen molar-refractivity contribution in [3.63, 3.8) is 0 Å². The van der Waals surface area contributed by atoms with Crippen LogP contribution in [0.25, 0.3) is 15.9 Å². The number of amides is 1. The first-order chi connectivity index (χ1) is 18.0. The second-order valence-corrected chi connectivity index (χ2v) is 10.9. The third kappa shape index (κ3) is 5.62. The minimum Gasteiger partial charge on any atom is -0.494 e. The van der Waals surface area contributed by atoms with Crippen molar-refractivity contribution in [1.29, 1.82) is 0 Å². The number of hydrogen-bond donors (Lipinski definition) is 1. The van der Waals surface area contributed by atoms with Gasteiger partial charge in [0.05, 0.1) is 29.6 Å². The van der Waals surface area contributed by atoms with E-state index in [9.17, 15) is 9.59 Å². The Morgan fingerprint density at radius 3 is 2.68 bits per heavy atom. The normalized spacial score (nSPS) is 13.1. The van der Waals surface area contributed by atoms with Gasteiger partial charge in [0.2, 0.25) is 0 Å². The molecule has 9 heteroatoms. The van der Waals surface area contributed by atoms with Gasteiger partial charge in [-0.2, -0.15) is 5.10 Å². The first kappa shape index (κ1) is 25.2. The lowest BCUT2D eigenvalue weighted by molar-refractivity contribution is -0.118. The number of thiophene rings is 1. The number of carbonyl (C=O) groups is 1. The Morgan fingerprint density at radius 1 is 1.16 bits per heavy atom. The van der Waals surface area contributed by atoms with E-state index in [1.54, 1.807) is 22.1 Å². The zero-order valence-corrected chi connectivity index (χ0v) is 22.5. The van der Waals surface area contributed by atoms with Crippen LogP contribution in [0.1, 0.15) is 41.3 Å². The van der Waals surface area contributed by atoms with E-state index < -0.39 is 0 Å². The molecule has 0 spiro atoms. The highest BCUT2D eigenvalue weighted by Gasteiger charge is 2.23. The predicted molar refractivity (Wildman–Crippen MR) is 151 cm³/mol. The molecule has 0 aliphatic heterocycles. The molecular weight excluding hydrogens is 504 g/mol. The molecule has 1 N–H and O–H groups in total. The molecule has 0 fully saturated rings. The predicted octanol–water partition coefficient (Wildman–Crippen LogP) is 5.28. The average Bonchev–Trinajstić information content (AvgIpc) is 3.28. The van der Waals surface area contributed by atoms with E-state index in [1.165, 1.54) is 16.6 Å². The van der Waals surface area contributed by atoms with Crippen LogP contribution >= 0.6 is 23.1 Å². The lowest BCUT2D eigenvalue weighted by Crippen LogP contribution is -2.24. The molecule has 0 unspecified atom stereocenters. The number of aromatic nitrogens is 2. The van der Waals surface area contributed by atoms with E-state index in [2.05, 4.69) is 10.5 Å². The van der Waals surface area contributed by atoms with Crippen LogP contribution in [0.5, 0.6) is 5.75 Å². The molecule has 0 saturated heterocycles. The number of benzene rings is 2. The summed E-state index contributed by atoms with van der Waals surface area (Å²) in [5.41, 5.74) is 6.37. The number of nitrogens with zero attached hydrogens (tertiary/aromatic N) is 3. The van der Waals surface area contributed by atoms with Gasteiger partial charge >= 0.3 is 0 Å².